The highest BCUT2D eigenvalue weighted by Gasteiger charge is 2.25. The van der Waals surface area contributed by atoms with Gasteiger partial charge in [-0.15, -0.1) is 5.10 Å². The Bertz CT molecular complexity index is 378. The molecule has 1 aromatic heterocycles. The van der Waals surface area contributed by atoms with E-state index in [0.717, 1.165) is 38.4 Å². The van der Waals surface area contributed by atoms with Crippen LogP contribution in [0.25, 0.3) is 0 Å². The first kappa shape index (κ1) is 14.4. The SMILES string of the molecule is CNCc1cn(CCN2CC(C)N(C)C(C)C2)nn1. The topological polar surface area (TPSA) is 49.2 Å². The van der Waals surface area contributed by atoms with Crippen LogP contribution < -0.4 is 5.32 Å². The van der Waals surface area contributed by atoms with Crippen LogP contribution in [0, 0.1) is 0 Å². The third kappa shape index (κ3) is 3.75. The molecule has 1 saturated heterocycles. The first-order valence-corrected chi connectivity index (χ1v) is 7.08. The van der Waals surface area contributed by atoms with Crippen molar-refractivity contribution in [1.82, 2.24) is 30.1 Å². The molecule has 0 aromatic carbocycles. The number of rotatable bonds is 5. The molecule has 2 rings (SSSR count). The van der Waals surface area contributed by atoms with Crippen LogP contribution in [0.4, 0.5) is 0 Å². The predicted molar refractivity (Wildman–Crippen MR) is 75.9 cm³/mol. The first-order valence-electron chi connectivity index (χ1n) is 7.08. The van der Waals surface area contributed by atoms with E-state index in [1.807, 2.05) is 17.9 Å². The standard InChI is InChI=1S/C13H26N6/c1-11-8-18(9-12(2)17(11)4)5-6-19-10-13(7-14-3)15-16-19/h10-12,14H,5-9H2,1-4H3. The minimum atomic E-state index is 0.624. The van der Waals surface area contributed by atoms with Crippen molar-refractivity contribution in [2.75, 3.05) is 33.7 Å². The summed E-state index contributed by atoms with van der Waals surface area (Å²) in [6.45, 7) is 9.61. The van der Waals surface area contributed by atoms with Crippen molar-refractivity contribution in [1.29, 1.82) is 0 Å². The summed E-state index contributed by atoms with van der Waals surface area (Å²) in [6.07, 6.45) is 2.03. The van der Waals surface area contributed by atoms with Crippen LogP contribution in [0.2, 0.25) is 0 Å². The molecule has 0 spiro atoms. The minimum absolute atomic E-state index is 0.624. The van der Waals surface area contributed by atoms with E-state index >= 15 is 0 Å². The lowest BCUT2D eigenvalue weighted by atomic mass is 10.1. The molecule has 2 atom stereocenters. The summed E-state index contributed by atoms with van der Waals surface area (Å²) in [7, 11) is 4.14. The van der Waals surface area contributed by atoms with E-state index < -0.39 is 0 Å². The van der Waals surface area contributed by atoms with E-state index in [9.17, 15) is 0 Å². The van der Waals surface area contributed by atoms with E-state index in [4.69, 9.17) is 0 Å². The van der Waals surface area contributed by atoms with Crippen LogP contribution in [-0.2, 0) is 13.1 Å². The lowest BCUT2D eigenvalue weighted by Gasteiger charge is -2.42. The van der Waals surface area contributed by atoms with Crippen molar-refractivity contribution in [3.8, 4) is 0 Å². The van der Waals surface area contributed by atoms with E-state index in [-0.39, 0.29) is 0 Å². The van der Waals surface area contributed by atoms with Crippen molar-refractivity contribution < 1.29 is 0 Å². The zero-order valence-electron chi connectivity index (χ0n) is 12.5. The number of piperazine rings is 1. The molecule has 0 radical (unpaired) electrons. The second kappa shape index (κ2) is 6.45. The second-order valence-corrected chi connectivity index (χ2v) is 5.63. The molecule has 1 fully saturated rings. The van der Waals surface area contributed by atoms with Gasteiger partial charge in [-0.2, -0.15) is 0 Å². The molecule has 0 aliphatic carbocycles. The van der Waals surface area contributed by atoms with Crippen molar-refractivity contribution in [2.45, 2.75) is 39.0 Å². The summed E-state index contributed by atoms with van der Waals surface area (Å²) in [5.41, 5.74) is 1.00. The third-order valence-corrected chi connectivity index (χ3v) is 4.02. The molecule has 108 valence electrons. The highest BCUT2D eigenvalue weighted by molar-refractivity contribution is 4.91. The van der Waals surface area contributed by atoms with E-state index in [2.05, 4.69) is 46.3 Å². The molecule has 1 aliphatic heterocycles. The van der Waals surface area contributed by atoms with Gasteiger partial charge in [0.15, 0.2) is 0 Å². The molecule has 6 heteroatoms. The Balaban J connectivity index is 1.81. The van der Waals surface area contributed by atoms with Gasteiger partial charge < -0.3 is 5.32 Å². The van der Waals surface area contributed by atoms with Crippen molar-refractivity contribution in [3.63, 3.8) is 0 Å². The summed E-state index contributed by atoms with van der Waals surface area (Å²) >= 11 is 0. The smallest absolute Gasteiger partial charge is 0.0964 e. The summed E-state index contributed by atoms with van der Waals surface area (Å²) in [5.74, 6) is 0. The van der Waals surface area contributed by atoms with Gasteiger partial charge in [0.25, 0.3) is 0 Å². The van der Waals surface area contributed by atoms with Gasteiger partial charge in [0, 0.05) is 44.5 Å². The maximum Gasteiger partial charge on any atom is 0.0964 e. The van der Waals surface area contributed by atoms with Gasteiger partial charge in [0.2, 0.25) is 0 Å². The number of hydrogen-bond donors (Lipinski definition) is 1. The Hall–Kier alpha value is -0.980. The fourth-order valence-electron chi connectivity index (χ4n) is 2.65. The van der Waals surface area contributed by atoms with Crippen LogP contribution in [0.3, 0.4) is 0 Å². The Morgan fingerprint density at radius 1 is 1.26 bits per heavy atom. The molecule has 2 heterocycles. The maximum absolute atomic E-state index is 4.16. The van der Waals surface area contributed by atoms with Gasteiger partial charge in [-0.25, -0.2) is 0 Å². The highest BCUT2D eigenvalue weighted by Crippen LogP contribution is 2.12. The maximum atomic E-state index is 4.16. The number of nitrogens with one attached hydrogen (secondary N) is 1. The zero-order chi connectivity index (χ0) is 13.8. The number of aromatic nitrogens is 3. The van der Waals surface area contributed by atoms with Gasteiger partial charge in [-0.05, 0) is 27.9 Å². The lowest BCUT2D eigenvalue weighted by Crippen LogP contribution is -2.55. The monoisotopic (exact) mass is 266 g/mol. The second-order valence-electron chi connectivity index (χ2n) is 5.63. The molecule has 0 amide bonds. The molecule has 0 bridgehead atoms. The van der Waals surface area contributed by atoms with E-state index in [1.165, 1.54) is 0 Å². The van der Waals surface area contributed by atoms with Crippen LogP contribution in [0.15, 0.2) is 6.20 Å². The number of nitrogens with zero attached hydrogens (tertiary/aromatic N) is 5. The lowest BCUT2D eigenvalue weighted by molar-refractivity contribution is 0.0574. The highest BCUT2D eigenvalue weighted by atomic mass is 15.4. The van der Waals surface area contributed by atoms with E-state index in [0.29, 0.717) is 12.1 Å². The Labute approximate surface area is 115 Å². The van der Waals surface area contributed by atoms with E-state index in [1.54, 1.807) is 0 Å². The van der Waals surface area contributed by atoms with Crippen LogP contribution in [-0.4, -0.2) is 70.6 Å². The Morgan fingerprint density at radius 3 is 2.58 bits per heavy atom. The van der Waals surface area contributed by atoms with Gasteiger partial charge in [-0.3, -0.25) is 14.5 Å². The fraction of sp³-hybridized carbons (Fsp3) is 0.846. The molecule has 1 N–H and O–H groups in total. The first-order chi connectivity index (χ1) is 9.10. The zero-order valence-corrected chi connectivity index (χ0v) is 12.5. The molecular weight excluding hydrogens is 240 g/mol. The van der Waals surface area contributed by atoms with Crippen LogP contribution in [0.5, 0.6) is 0 Å². The number of likely N-dealkylation sites (N-methyl/N-ethyl adjacent to an activating group) is 1. The molecule has 6 nitrogen and oxygen atoms in total. The molecule has 1 aliphatic rings. The predicted octanol–water partition coefficient (Wildman–Crippen LogP) is 0.0219. The summed E-state index contributed by atoms with van der Waals surface area (Å²) in [5, 5.41) is 11.4. The summed E-state index contributed by atoms with van der Waals surface area (Å²) in [4.78, 5) is 4.98. The quantitative estimate of drug-likeness (QED) is 0.814. The van der Waals surface area contributed by atoms with Gasteiger partial charge in [0.05, 0.1) is 12.2 Å². The molecule has 2 unspecified atom stereocenters. The summed E-state index contributed by atoms with van der Waals surface area (Å²) in [6, 6.07) is 1.25. The molecule has 0 saturated carbocycles. The molecule has 19 heavy (non-hydrogen) atoms. The van der Waals surface area contributed by atoms with Crippen LogP contribution in [0.1, 0.15) is 19.5 Å². The molecule has 1 aromatic rings. The van der Waals surface area contributed by atoms with Crippen molar-refractivity contribution in [3.05, 3.63) is 11.9 Å². The van der Waals surface area contributed by atoms with Gasteiger partial charge in [0.1, 0.15) is 0 Å². The average molecular weight is 266 g/mol. The minimum Gasteiger partial charge on any atom is -0.314 e. The number of hydrogen-bond acceptors (Lipinski definition) is 5. The fourth-order valence-corrected chi connectivity index (χ4v) is 2.65. The van der Waals surface area contributed by atoms with Crippen LogP contribution >= 0.6 is 0 Å². The largest absolute Gasteiger partial charge is 0.314 e. The van der Waals surface area contributed by atoms with Gasteiger partial charge >= 0.3 is 0 Å². The van der Waals surface area contributed by atoms with Crippen molar-refractivity contribution >= 4 is 0 Å². The average Bonchev–Trinajstić information content (AvgIpc) is 2.81. The normalized spacial score (nSPS) is 25.9. The van der Waals surface area contributed by atoms with Gasteiger partial charge in [-0.1, -0.05) is 5.21 Å². The summed E-state index contributed by atoms with van der Waals surface area (Å²) < 4.78 is 1.94. The Morgan fingerprint density at radius 2 is 1.95 bits per heavy atom. The Kier molecular flexibility index (Phi) is 4.90. The molecular formula is C13H26N6. The van der Waals surface area contributed by atoms with Crippen molar-refractivity contribution in [2.24, 2.45) is 0 Å². The third-order valence-electron chi connectivity index (χ3n) is 4.02.